The Bertz CT molecular complexity index is 649. The lowest BCUT2D eigenvalue weighted by atomic mass is 10.1. The van der Waals surface area contributed by atoms with Crippen molar-refractivity contribution in [2.45, 2.75) is 13.5 Å². The predicted molar refractivity (Wildman–Crippen MR) is 65.4 cm³/mol. The third-order valence-electron chi connectivity index (χ3n) is 2.74. The van der Waals surface area contributed by atoms with Crippen molar-refractivity contribution in [3.8, 4) is 0 Å². The van der Waals surface area contributed by atoms with Crippen molar-refractivity contribution < 1.29 is 4.92 Å². The summed E-state index contributed by atoms with van der Waals surface area (Å²) in [6, 6.07) is 6.47. The molecule has 0 aliphatic carbocycles. The van der Waals surface area contributed by atoms with Gasteiger partial charge >= 0.3 is 5.69 Å². The summed E-state index contributed by atoms with van der Waals surface area (Å²) in [5.41, 5.74) is 0.991. The monoisotopic (exact) mass is 245 g/mol. The van der Waals surface area contributed by atoms with Gasteiger partial charge in [0.1, 0.15) is 0 Å². The van der Waals surface area contributed by atoms with Crippen LogP contribution in [0.15, 0.2) is 41.5 Å². The van der Waals surface area contributed by atoms with Crippen LogP contribution in [0, 0.1) is 17.0 Å². The summed E-state index contributed by atoms with van der Waals surface area (Å²) in [6.45, 7) is 1.95. The normalized spacial score (nSPS) is 10.3. The number of rotatable bonds is 3. The average molecular weight is 245 g/mol. The summed E-state index contributed by atoms with van der Waals surface area (Å²) in [4.78, 5) is 25.5. The second-order valence-corrected chi connectivity index (χ2v) is 3.85. The molecule has 1 aromatic heterocycles. The number of nitro groups is 1. The highest BCUT2D eigenvalue weighted by Crippen LogP contribution is 2.21. The number of aromatic nitrogens is 2. The Morgan fingerprint density at radius 1 is 1.39 bits per heavy atom. The fourth-order valence-electron chi connectivity index (χ4n) is 1.73. The smallest absolute Gasteiger partial charge is 0.295 e. The SMILES string of the molecule is Cc1c(Cn2cccnc2=O)cccc1[N+](=O)[O-]. The van der Waals surface area contributed by atoms with E-state index in [1.54, 1.807) is 31.3 Å². The maximum Gasteiger partial charge on any atom is 0.347 e. The van der Waals surface area contributed by atoms with Gasteiger partial charge in [0, 0.05) is 24.0 Å². The Balaban J connectivity index is 2.42. The van der Waals surface area contributed by atoms with Gasteiger partial charge in [-0.25, -0.2) is 9.78 Å². The maximum atomic E-state index is 11.5. The first-order valence-electron chi connectivity index (χ1n) is 5.34. The molecule has 2 rings (SSSR count). The number of benzene rings is 1. The van der Waals surface area contributed by atoms with E-state index in [1.807, 2.05) is 0 Å². The van der Waals surface area contributed by atoms with Crippen LogP contribution in [0.2, 0.25) is 0 Å². The molecular weight excluding hydrogens is 234 g/mol. The number of nitro benzene ring substituents is 1. The van der Waals surface area contributed by atoms with Crippen molar-refractivity contribution in [1.29, 1.82) is 0 Å². The highest BCUT2D eigenvalue weighted by atomic mass is 16.6. The molecule has 18 heavy (non-hydrogen) atoms. The lowest BCUT2D eigenvalue weighted by molar-refractivity contribution is -0.385. The minimum atomic E-state index is -0.426. The lowest BCUT2D eigenvalue weighted by Crippen LogP contribution is -2.22. The zero-order chi connectivity index (χ0) is 13.1. The van der Waals surface area contributed by atoms with Gasteiger partial charge in [-0.05, 0) is 18.6 Å². The van der Waals surface area contributed by atoms with Gasteiger partial charge in [0.05, 0.1) is 11.5 Å². The summed E-state index contributed by atoms with van der Waals surface area (Å²) in [7, 11) is 0. The van der Waals surface area contributed by atoms with Crippen molar-refractivity contribution in [2.24, 2.45) is 0 Å². The van der Waals surface area contributed by atoms with Crippen LogP contribution >= 0.6 is 0 Å². The van der Waals surface area contributed by atoms with E-state index < -0.39 is 4.92 Å². The van der Waals surface area contributed by atoms with Crippen molar-refractivity contribution in [3.05, 3.63) is 68.4 Å². The van der Waals surface area contributed by atoms with E-state index in [4.69, 9.17) is 0 Å². The fraction of sp³-hybridized carbons (Fsp3) is 0.167. The number of hydrogen-bond acceptors (Lipinski definition) is 4. The third kappa shape index (κ3) is 2.27. The van der Waals surface area contributed by atoms with E-state index in [0.717, 1.165) is 5.56 Å². The van der Waals surface area contributed by atoms with Gasteiger partial charge < -0.3 is 0 Å². The highest BCUT2D eigenvalue weighted by molar-refractivity contribution is 5.44. The van der Waals surface area contributed by atoms with Crippen molar-refractivity contribution in [1.82, 2.24) is 9.55 Å². The Labute approximate surface area is 103 Å². The second-order valence-electron chi connectivity index (χ2n) is 3.85. The van der Waals surface area contributed by atoms with Gasteiger partial charge in [0.2, 0.25) is 0 Å². The van der Waals surface area contributed by atoms with Crippen LogP contribution in [0.1, 0.15) is 11.1 Å². The van der Waals surface area contributed by atoms with E-state index in [2.05, 4.69) is 4.98 Å². The Morgan fingerprint density at radius 3 is 2.83 bits per heavy atom. The van der Waals surface area contributed by atoms with E-state index in [9.17, 15) is 14.9 Å². The molecule has 0 N–H and O–H groups in total. The quantitative estimate of drug-likeness (QED) is 0.606. The van der Waals surface area contributed by atoms with Crippen molar-refractivity contribution in [2.75, 3.05) is 0 Å². The van der Waals surface area contributed by atoms with Crippen molar-refractivity contribution in [3.63, 3.8) is 0 Å². The molecule has 6 heteroatoms. The minimum absolute atomic E-state index is 0.0597. The summed E-state index contributed by atoms with van der Waals surface area (Å²) in [5.74, 6) is 0. The molecule has 0 atom stereocenters. The van der Waals surface area contributed by atoms with Crippen molar-refractivity contribution >= 4 is 5.69 Å². The van der Waals surface area contributed by atoms with E-state index in [1.165, 1.54) is 16.8 Å². The Kier molecular flexibility index (Phi) is 3.18. The van der Waals surface area contributed by atoms with Gasteiger partial charge in [0.15, 0.2) is 0 Å². The van der Waals surface area contributed by atoms with E-state index in [-0.39, 0.29) is 17.9 Å². The molecule has 0 aliphatic heterocycles. The van der Waals surface area contributed by atoms with Crippen LogP contribution in [0.4, 0.5) is 5.69 Å². The molecule has 1 heterocycles. The third-order valence-corrected chi connectivity index (χ3v) is 2.74. The number of hydrogen-bond donors (Lipinski definition) is 0. The van der Waals surface area contributed by atoms with Crippen LogP contribution in [-0.4, -0.2) is 14.5 Å². The molecule has 0 amide bonds. The molecule has 0 saturated heterocycles. The molecule has 2 aromatic rings. The van der Waals surface area contributed by atoms with E-state index in [0.29, 0.717) is 5.56 Å². The first kappa shape index (κ1) is 12.0. The molecular formula is C12H11N3O3. The summed E-state index contributed by atoms with van der Waals surface area (Å²) >= 11 is 0. The second kappa shape index (κ2) is 4.79. The van der Waals surface area contributed by atoms with Crippen LogP contribution in [0.3, 0.4) is 0 Å². The average Bonchev–Trinajstić information content (AvgIpc) is 2.34. The minimum Gasteiger partial charge on any atom is -0.295 e. The molecule has 0 spiro atoms. The van der Waals surface area contributed by atoms with Crippen LogP contribution in [0.5, 0.6) is 0 Å². The lowest BCUT2D eigenvalue weighted by Gasteiger charge is -2.07. The van der Waals surface area contributed by atoms with Gasteiger partial charge in [-0.3, -0.25) is 14.7 Å². The zero-order valence-corrected chi connectivity index (χ0v) is 9.74. The first-order valence-corrected chi connectivity index (χ1v) is 5.34. The first-order chi connectivity index (χ1) is 8.59. The summed E-state index contributed by atoms with van der Waals surface area (Å²) in [6.07, 6.45) is 3.02. The molecule has 92 valence electrons. The van der Waals surface area contributed by atoms with Crippen LogP contribution in [0.25, 0.3) is 0 Å². The molecule has 0 unspecified atom stereocenters. The largest absolute Gasteiger partial charge is 0.347 e. The van der Waals surface area contributed by atoms with Crippen LogP contribution < -0.4 is 5.69 Å². The number of nitrogens with zero attached hydrogens (tertiary/aromatic N) is 3. The highest BCUT2D eigenvalue weighted by Gasteiger charge is 2.13. The van der Waals surface area contributed by atoms with Gasteiger partial charge in [0.25, 0.3) is 5.69 Å². The topological polar surface area (TPSA) is 78.0 Å². The van der Waals surface area contributed by atoms with Gasteiger partial charge in [-0.15, -0.1) is 0 Å². The standard InChI is InChI=1S/C12H11N3O3/c1-9-10(4-2-5-11(9)15(17)18)8-14-7-3-6-13-12(14)16/h2-7H,8H2,1H3. The van der Waals surface area contributed by atoms with E-state index >= 15 is 0 Å². The zero-order valence-electron chi connectivity index (χ0n) is 9.74. The molecule has 0 radical (unpaired) electrons. The Morgan fingerprint density at radius 2 is 2.17 bits per heavy atom. The summed E-state index contributed by atoms with van der Waals surface area (Å²) < 4.78 is 1.41. The van der Waals surface area contributed by atoms with Crippen LogP contribution in [-0.2, 0) is 6.54 Å². The predicted octanol–water partition coefficient (Wildman–Crippen LogP) is 1.51. The molecule has 1 aromatic carbocycles. The molecule has 0 saturated carbocycles. The Hall–Kier alpha value is -2.50. The molecule has 0 fully saturated rings. The molecule has 0 aliphatic rings. The molecule has 6 nitrogen and oxygen atoms in total. The van der Waals surface area contributed by atoms with Gasteiger partial charge in [-0.2, -0.15) is 0 Å². The maximum absolute atomic E-state index is 11.5. The fourth-order valence-corrected chi connectivity index (χ4v) is 1.73. The van der Waals surface area contributed by atoms with Gasteiger partial charge in [-0.1, -0.05) is 12.1 Å². The molecule has 0 bridgehead atoms. The summed E-state index contributed by atoms with van der Waals surface area (Å²) in [5, 5.41) is 10.8.